The van der Waals surface area contributed by atoms with Gasteiger partial charge in [-0.3, -0.25) is 4.79 Å². The number of carbonyl (C=O) groups excluding carboxylic acids is 1. The van der Waals surface area contributed by atoms with E-state index in [1.54, 1.807) is 0 Å². The summed E-state index contributed by atoms with van der Waals surface area (Å²) < 4.78 is 0. The standard InChI is InChI=1S/C12H24N2O2/c1-4-6-12(7-5-8-13-12)10(16)14-11(2,3)9-15/h13,15H,4-9H2,1-3H3,(H,14,16). The summed E-state index contributed by atoms with van der Waals surface area (Å²) in [5.74, 6) is 0.0332. The molecule has 0 aromatic rings. The smallest absolute Gasteiger partial charge is 0.240 e. The number of hydrogen-bond acceptors (Lipinski definition) is 3. The molecule has 1 fully saturated rings. The van der Waals surface area contributed by atoms with Crippen LogP contribution < -0.4 is 10.6 Å². The number of nitrogens with one attached hydrogen (secondary N) is 2. The van der Waals surface area contributed by atoms with Gasteiger partial charge in [0, 0.05) is 0 Å². The van der Waals surface area contributed by atoms with Crippen LogP contribution in [-0.4, -0.2) is 35.2 Å². The second kappa shape index (κ2) is 5.15. The molecule has 3 N–H and O–H groups in total. The molecule has 1 heterocycles. The van der Waals surface area contributed by atoms with Crippen molar-refractivity contribution in [3.63, 3.8) is 0 Å². The van der Waals surface area contributed by atoms with E-state index < -0.39 is 11.1 Å². The van der Waals surface area contributed by atoms with Gasteiger partial charge in [-0.25, -0.2) is 0 Å². The lowest BCUT2D eigenvalue weighted by Gasteiger charge is -2.33. The lowest BCUT2D eigenvalue weighted by Crippen LogP contribution is -2.59. The monoisotopic (exact) mass is 228 g/mol. The summed E-state index contributed by atoms with van der Waals surface area (Å²) in [5, 5.41) is 15.4. The zero-order chi connectivity index (χ0) is 12.2. The molecule has 1 rings (SSSR count). The normalized spacial score (nSPS) is 25.8. The van der Waals surface area contributed by atoms with Crippen LogP contribution in [0.3, 0.4) is 0 Å². The van der Waals surface area contributed by atoms with Gasteiger partial charge >= 0.3 is 0 Å². The fourth-order valence-electron chi connectivity index (χ4n) is 2.22. The van der Waals surface area contributed by atoms with E-state index in [-0.39, 0.29) is 12.5 Å². The molecule has 1 unspecified atom stereocenters. The van der Waals surface area contributed by atoms with Crippen LogP contribution in [0.2, 0.25) is 0 Å². The molecular formula is C12H24N2O2. The number of carbonyl (C=O) groups is 1. The fourth-order valence-corrected chi connectivity index (χ4v) is 2.22. The van der Waals surface area contributed by atoms with Crippen LogP contribution >= 0.6 is 0 Å². The predicted molar refractivity (Wildman–Crippen MR) is 64.2 cm³/mol. The first-order chi connectivity index (χ1) is 7.46. The average Bonchev–Trinajstić information content (AvgIpc) is 2.68. The highest BCUT2D eigenvalue weighted by atomic mass is 16.3. The Morgan fingerprint density at radius 3 is 2.69 bits per heavy atom. The largest absolute Gasteiger partial charge is 0.394 e. The van der Waals surface area contributed by atoms with Crippen LogP contribution in [0, 0.1) is 0 Å². The Hall–Kier alpha value is -0.610. The van der Waals surface area contributed by atoms with E-state index in [1.165, 1.54) is 0 Å². The summed E-state index contributed by atoms with van der Waals surface area (Å²) in [4.78, 5) is 12.2. The second-order valence-corrected chi connectivity index (χ2v) is 5.36. The third-order valence-corrected chi connectivity index (χ3v) is 3.20. The van der Waals surface area contributed by atoms with Gasteiger partial charge in [0.15, 0.2) is 0 Å². The zero-order valence-electron chi connectivity index (χ0n) is 10.6. The van der Waals surface area contributed by atoms with Gasteiger partial charge in [-0.2, -0.15) is 0 Å². The number of aliphatic hydroxyl groups excluding tert-OH is 1. The maximum Gasteiger partial charge on any atom is 0.240 e. The maximum absolute atomic E-state index is 12.2. The second-order valence-electron chi connectivity index (χ2n) is 5.36. The van der Waals surface area contributed by atoms with Crippen LogP contribution in [0.15, 0.2) is 0 Å². The van der Waals surface area contributed by atoms with Gasteiger partial charge in [-0.15, -0.1) is 0 Å². The van der Waals surface area contributed by atoms with Crippen molar-refractivity contribution in [2.75, 3.05) is 13.2 Å². The molecule has 0 aromatic carbocycles. The summed E-state index contributed by atoms with van der Waals surface area (Å²) in [7, 11) is 0. The van der Waals surface area contributed by atoms with E-state index >= 15 is 0 Å². The molecule has 4 nitrogen and oxygen atoms in total. The molecule has 0 bridgehead atoms. The maximum atomic E-state index is 12.2. The minimum Gasteiger partial charge on any atom is -0.394 e. The Morgan fingerprint density at radius 2 is 2.25 bits per heavy atom. The molecule has 1 atom stereocenters. The van der Waals surface area contributed by atoms with E-state index in [9.17, 15) is 4.79 Å². The van der Waals surface area contributed by atoms with Crippen molar-refractivity contribution in [1.29, 1.82) is 0 Å². The molecule has 1 aliphatic heterocycles. The highest BCUT2D eigenvalue weighted by Gasteiger charge is 2.41. The predicted octanol–water partition coefficient (Wildman–Crippen LogP) is 0.796. The van der Waals surface area contributed by atoms with Gasteiger partial charge in [-0.05, 0) is 39.7 Å². The quantitative estimate of drug-likeness (QED) is 0.652. The van der Waals surface area contributed by atoms with Crippen molar-refractivity contribution in [2.24, 2.45) is 0 Å². The first-order valence-electron chi connectivity index (χ1n) is 6.14. The SMILES string of the molecule is CCCC1(C(=O)NC(C)(C)CO)CCCN1. The number of amides is 1. The Morgan fingerprint density at radius 1 is 1.56 bits per heavy atom. The first kappa shape index (κ1) is 13.5. The van der Waals surface area contributed by atoms with Gasteiger partial charge in [0.05, 0.1) is 17.7 Å². The summed E-state index contributed by atoms with van der Waals surface area (Å²) in [6.07, 6.45) is 3.79. The van der Waals surface area contributed by atoms with E-state index in [4.69, 9.17) is 5.11 Å². The average molecular weight is 228 g/mol. The molecule has 0 radical (unpaired) electrons. The van der Waals surface area contributed by atoms with Crippen LogP contribution in [-0.2, 0) is 4.79 Å². The highest BCUT2D eigenvalue weighted by molar-refractivity contribution is 5.87. The molecule has 1 aliphatic rings. The molecule has 0 spiro atoms. The fraction of sp³-hybridized carbons (Fsp3) is 0.917. The number of rotatable bonds is 5. The topological polar surface area (TPSA) is 61.4 Å². The Kier molecular flexibility index (Phi) is 4.33. The van der Waals surface area contributed by atoms with Gasteiger partial charge in [-0.1, -0.05) is 13.3 Å². The van der Waals surface area contributed by atoms with Gasteiger partial charge in [0.1, 0.15) is 0 Å². The Bertz CT molecular complexity index is 245. The molecule has 0 aliphatic carbocycles. The van der Waals surface area contributed by atoms with E-state index in [0.29, 0.717) is 0 Å². The molecule has 0 aromatic heterocycles. The van der Waals surface area contributed by atoms with Crippen molar-refractivity contribution in [1.82, 2.24) is 10.6 Å². The molecule has 4 heteroatoms. The van der Waals surface area contributed by atoms with Crippen molar-refractivity contribution < 1.29 is 9.90 Å². The van der Waals surface area contributed by atoms with Gasteiger partial charge in [0.25, 0.3) is 0 Å². The Labute approximate surface area is 97.8 Å². The van der Waals surface area contributed by atoms with Crippen LogP contribution in [0.4, 0.5) is 0 Å². The van der Waals surface area contributed by atoms with Crippen molar-refractivity contribution in [2.45, 2.75) is 57.5 Å². The molecular weight excluding hydrogens is 204 g/mol. The summed E-state index contributed by atoms with van der Waals surface area (Å²) in [6, 6.07) is 0. The minimum atomic E-state index is -0.540. The van der Waals surface area contributed by atoms with Crippen LogP contribution in [0.1, 0.15) is 46.5 Å². The first-order valence-corrected chi connectivity index (χ1v) is 6.14. The van der Waals surface area contributed by atoms with E-state index in [2.05, 4.69) is 17.6 Å². The molecule has 94 valence electrons. The van der Waals surface area contributed by atoms with Crippen molar-refractivity contribution in [3.8, 4) is 0 Å². The third kappa shape index (κ3) is 2.95. The molecule has 0 saturated carbocycles. The summed E-state index contributed by atoms with van der Waals surface area (Å²) >= 11 is 0. The minimum absolute atomic E-state index is 0.0332. The van der Waals surface area contributed by atoms with Crippen molar-refractivity contribution in [3.05, 3.63) is 0 Å². The summed E-state index contributed by atoms with van der Waals surface area (Å²) in [5.41, 5.74) is -0.941. The van der Waals surface area contributed by atoms with Crippen molar-refractivity contribution >= 4 is 5.91 Å². The third-order valence-electron chi connectivity index (χ3n) is 3.20. The van der Waals surface area contributed by atoms with E-state index in [1.807, 2.05) is 13.8 Å². The van der Waals surface area contributed by atoms with E-state index in [0.717, 1.165) is 32.2 Å². The van der Waals surface area contributed by atoms with Gasteiger partial charge in [0.2, 0.25) is 5.91 Å². The Balaban J connectivity index is 2.69. The molecule has 1 saturated heterocycles. The lowest BCUT2D eigenvalue weighted by atomic mass is 9.89. The molecule has 16 heavy (non-hydrogen) atoms. The summed E-state index contributed by atoms with van der Waals surface area (Å²) in [6.45, 7) is 6.62. The zero-order valence-corrected chi connectivity index (χ0v) is 10.6. The van der Waals surface area contributed by atoms with Gasteiger partial charge < -0.3 is 15.7 Å². The van der Waals surface area contributed by atoms with Crippen LogP contribution in [0.25, 0.3) is 0 Å². The lowest BCUT2D eigenvalue weighted by molar-refractivity contribution is -0.129. The van der Waals surface area contributed by atoms with Crippen LogP contribution in [0.5, 0.6) is 0 Å². The molecule has 1 amide bonds. The number of aliphatic hydroxyl groups is 1. The number of hydrogen-bond donors (Lipinski definition) is 3. The highest BCUT2D eigenvalue weighted by Crippen LogP contribution is 2.25.